The summed E-state index contributed by atoms with van der Waals surface area (Å²) < 4.78 is 22.9. The monoisotopic (exact) mass is 208 g/mol. The molecule has 4 nitrogen and oxygen atoms in total. The van der Waals surface area contributed by atoms with E-state index in [4.69, 9.17) is 4.74 Å². The highest BCUT2D eigenvalue weighted by Crippen LogP contribution is 2.16. The van der Waals surface area contributed by atoms with Crippen molar-refractivity contribution >= 4 is 0 Å². The molecule has 0 aliphatic carbocycles. The van der Waals surface area contributed by atoms with E-state index in [9.17, 15) is 4.39 Å². The van der Waals surface area contributed by atoms with Gasteiger partial charge in [-0.3, -0.25) is 0 Å². The molecule has 1 aromatic carbocycles. The topological polar surface area (TPSA) is 48.2 Å². The summed E-state index contributed by atoms with van der Waals surface area (Å²) in [5.41, 5.74) is 0.585. The van der Waals surface area contributed by atoms with Gasteiger partial charge in [-0.2, -0.15) is 4.98 Å². The van der Waals surface area contributed by atoms with Crippen LogP contribution in [0.4, 0.5) is 4.39 Å². The lowest BCUT2D eigenvalue weighted by Crippen LogP contribution is -1.97. The molecular formula is C10H9FN2O2. The summed E-state index contributed by atoms with van der Waals surface area (Å²) in [7, 11) is 0. The molecule has 5 heteroatoms. The van der Waals surface area contributed by atoms with Crippen molar-refractivity contribution in [2.75, 3.05) is 0 Å². The van der Waals surface area contributed by atoms with Crippen LogP contribution in [0.25, 0.3) is 0 Å². The predicted octanol–water partition coefficient (Wildman–Crippen LogP) is 2.10. The Kier molecular flexibility index (Phi) is 2.62. The van der Waals surface area contributed by atoms with E-state index in [0.717, 1.165) is 0 Å². The first kappa shape index (κ1) is 9.64. The molecule has 0 bridgehead atoms. The summed E-state index contributed by atoms with van der Waals surface area (Å²) in [5, 5.41) is 3.57. The van der Waals surface area contributed by atoms with Crippen molar-refractivity contribution in [1.29, 1.82) is 0 Å². The number of hydrogen-bond donors (Lipinski definition) is 0. The van der Waals surface area contributed by atoms with Crippen molar-refractivity contribution in [2.45, 2.75) is 13.5 Å². The van der Waals surface area contributed by atoms with Crippen LogP contribution in [0.1, 0.15) is 11.4 Å². The molecule has 2 rings (SSSR count). The number of aryl methyl sites for hydroxylation is 1. The summed E-state index contributed by atoms with van der Waals surface area (Å²) in [6.07, 6.45) is 1.22. The Hall–Kier alpha value is -1.91. The molecule has 0 aliphatic rings. The lowest BCUT2D eigenvalue weighted by atomic mass is 10.2. The molecule has 0 N–H and O–H groups in total. The van der Waals surface area contributed by atoms with Gasteiger partial charge in [-0.25, -0.2) is 4.39 Å². The Balaban J connectivity index is 2.02. The summed E-state index contributed by atoms with van der Waals surface area (Å²) in [4.78, 5) is 3.77. The van der Waals surface area contributed by atoms with E-state index in [1.807, 2.05) is 0 Å². The van der Waals surface area contributed by atoms with Crippen LogP contribution >= 0.6 is 0 Å². The van der Waals surface area contributed by atoms with Crippen molar-refractivity contribution in [3.05, 3.63) is 41.8 Å². The zero-order valence-electron chi connectivity index (χ0n) is 8.11. The largest absolute Gasteiger partial charge is 0.485 e. The van der Waals surface area contributed by atoms with Crippen molar-refractivity contribution in [3.63, 3.8) is 0 Å². The number of rotatable bonds is 3. The van der Waals surface area contributed by atoms with Gasteiger partial charge in [0.1, 0.15) is 11.6 Å². The number of hydrogen-bond acceptors (Lipinski definition) is 4. The average Bonchev–Trinajstić information content (AvgIpc) is 2.73. The first-order chi connectivity index (χ1) is 7.25. The van der Waals surface area contributed by atoms with Crippen LogP contribution in [0.15, 0.2) is 29.1 Å². The quantitative estimate of drug-likeness (QED) is 0.774. The van der Waals surface area contributed by atoms with Gasteiger partial charge >= 0.3 is 0 Å². The van der Waals surface area contributed by atoms with E-state index in [-0.39, 0.29) is 12.4 Å². The maximum absolute atomic E-state index is 13.1. The predicted molar refractivity (Wildman–Crippen MR) is 49.8 cm³/mol. The minimum absolute atomic E-state index is 0.166. The van der Waals surface area contributed by atoms with Crippen LogP contribution in [0.5, 0.6) is 5.75 Å². The Morgan fingerprint density at radius 3 is 3.00 bits per heavy atom. The van der Waals surface area contributed by atoms with Gasteiger partial charge in [0, 0.05) is 6.07 Å². The summed E-state index contributed by atoms with van der Waals surface area (Å²) in [6, 6.07) is 4.68. The molecule has 0 saturated carbocycles. The van der Waals surface area contributed by atoms with Gasteiger partial charge in [-0.05, 0) is 18.6 Å². The molecule has 0 fully saturated rings. The maximum atomic E-state index is 13.1. The molecule has 0 unspecified atom stereocenters. The highest BCUT2D eigenvalue weighted by atomic mass is 19.1. The van der Waals surface area contributed by atoms with E-state index in [2.05, 4.69) is 14.7 Å². The first-order valence-electron chi connectivity index (χ1n) is 4.40. The van der Waals surface area contributed by atoms with Crippen LogP contribution in [0.2, 0.25) is 0 Å². The van der Waals surface area contributed by atoms with Gasteiger partial charge in [-0.15, -0.1) is 0 Å². The number of benzene rings is 1. The second-order valence-corrected chi connectivity index (χ2v) is 3.05. The molecule has 15 heavy (non-hydrogen) atoms. The zero-order valence-corrected chi connectivity index (χ0v) is 8.11. The van der Waals surface area contributed by atoms with Gasteiger partial charge in [0.15, 0.2) is 6.61 Å². The molecule has 0 saturated heterocycles. The first-order valence-corrected chi connectivity index (χ1v) is 4.40. The summed E-state index contributed by atoms with van der Waals surface area (Å²) in [6.45, 7) is 1.86. The smallest absolute Gasteiger partial charge is 0.213 e. The van der Waals surface area contributed by atoms with Crippen LogP contribution in [-0.2, 0) is 6.61 Å². The molecule has 0 spiro atoms. The fourth-order valence-corrected chi connectivity index (χ4v) is 1.07. The second kappa shape index (κ2) is 4.08. The lowest BCUT2D eigenvalue weighted by molar-refractivity contribution is 0.285. The van der Waals surface area contributed by atoms with E-state index in [0.29, 0.717) is 17.1 Å². The molecule has 1 aromatic heterocycles. The minimum Gasteiger partial charge on any atom is -0.485 e. The van der Waals surface area contributed by atoms with E-state index < -0.39 is 0 Å². The third-order valence-corrected chi connectivity index (χ3v) is 1.92. The van der Waals surface area contributed by atoms with E-state index in [1.54, 1.807) is 19.1 Å². The number of ether oxygens (including phenoxy) is 1. The number of halogens is 1. The maximum Gasteiger partial charge on any atom is 0.213 e. The molecule has 0 amide bonds. The molecule has 1 heterocycles. The lowest BCUT2D eigenvalue weighted by Gasteiger charge is -2.04. The molecule has 2 aromatic rings. The standard InChI is InChI=1S/C10H9FN2O2/c1-7-2-3-8(4-9(7)11)14-5-10-12-6-15-13-10/h2-4,6H,5H2,1H3. The van der Waals surface area contributed by atoms with Crippen molar-refractivity contribution < 1.29 is 13.7 Å². The average molecular weight is 208 g/mol. The highest BCUT2D eigenvalue weighted by Gasteiger charge is 2.02. The van der Waals surface area contributed by atoms with Crippen LogP contribution < -0.4 is 4.74 Å². The SMILES string of the molecule is Cc1ccc(OCc2ncon2)cc1F. The Morgan fingerprint density at radius 1 is 1.47 bits per heavy atom. The van der Waals surface area contributed by atoms with Crippen molar-refractivity contribution in [3.8, 4) is 5.75 Å². The van der Waals surface area contributed by atoms with Gasteiger partial charge < -0.3 is 9.26 Å². The van der Waals surface area contributed by atoms with Crippen molar-refractivity contribution in [1.82, 2.24) is 10.1 Å². The van der Waals surface area contributed by atoms with Gasteiger partial charge in [-0.1, -0.05) is 11.2 Å². The fraction of sp³-hybridized carbons (Fsp3) is 0.200. The summed E-state index contributed by atoms with van der Waals surface area (Å²) >= 11 is 0. The fourth-order valence-electron chi connectivity index (χ4n) is 1.07. The molecule has 0 radical (unpaired) electrons. The third-order valence-electron chi connectivity index (χ3n) is 1.92. The normalized spacial score (nSPS) is 10.3. The molecule has 0 atom stereocenters. The van der Waals surface area contributed by atoms with Crippen LogP contribution in [-0.4, -0.2) is 10.1 Å². The Morgan fingerprint density at radius 2 is 2.33 bits per heavy atom. The highest BCUT2D eigenvalue weighted by molar-refractivity contribution is 5.27. The number of nitrogens with zero attached hydrogens (tertiary/aromatic N) is 2. The van der Waals surface area contributed by atoms with Crippen LogP contribution in [0, 0.1) is 12.7 Å². The molecular weight excluding hydrogens is 199 g/mol. The summed E-state index contributed by atoms with van der Waals surface area (Å²) in [5.74, 6) is 0.583. The van der Waals surface area contributed by atoms with E-state index in [1.165, 1.54) is 12.5 Å². The molecule has 78 valence electrons. The third kappa shape index (κ3) is 2.31. The second-order valence-electron chi connectivity index (χ2n) is 3.05. The van der Waals surface area contributed by atoms with Gasteiger partial charge in [0.25, 0.3) is 0 Å². The van der Waals surface area contributed by atoms with Gasteiger partial charge in [0.05, 0.1) is 0 Å². The van der Waals surface area contributed by atoms with E-state index >= 15 is 0 Å². The van der Waals surface area contributed by atoms with Gasteiger partial charge in [0.2, 0.25) is 12.2 Å². The zero-order chi connectivity index (χ0) is 10.7. The van der Waals surface area contributed by atoms with Crippen molar-refractivity contribution in [2.24, 2.45) is 0 Å². The Bertz CT molecular complexity index is 443. The minimum atomic E-state index is -0.291. The van der Waals surface area contributed by atoms with Crippen LogP contribution in [0.3, 0.4) is 0 Å². The Labute approximate surface area is 85.7 Å². The number of aromatic nitrogens is 2. The molecule has 0 aliphatic heterocycles.